The fourth-order valence-electron chi connectivity index (χ4n) is 2.02. The third-order valence-electron chi connectivity index (χ3n) is 2.98. The Morgan fingerprint density at radius 2 is 2.05 bits per heavy atom. The van der Waals surface area contributed by atoms with Gasteiger partial charge < -0.3 is 11.1 Å². The Hall–Kier alpha value is -2.47. The highest BCUT2D eigenvalue weighted by molar-refractivity contribution is 9.10. The van der Waals surface area contributed by atoms with E-state index in [0.29, 0.717) is 21.5 Å². The fraction of sp³-hybridized carbons (Fsp3) is 0. The van der Waals surface area contributed by atoms with E-state index in [1.807, 2.05) is 12.1 Å². The predicted octanol–water partition coefficient (Wildman–Crippen LogP) is 3.23. The van der Waals surface area contributed by atoms with Gasteiger partial charge in [0.15, 0.2) is 0 Å². The molecule has 0 aliphatic rings. The number of amides is 1. The highest BCUT2D eigenvalue weighted by Gasteiger charge is 2.12. The van der Waals surface area contributed by atoms with Crippen LogP contribution < -0.4 is 11.1 Å². The molecule has 0 unspecified atom stereocenters. The van der Waals surface area contributed by atoms with Crippen molar-refractivity contribution in [2.24, 2.45) is 0 Å². The molecule has 3 N–H and O–H groups in total. The van der Waals surface area contributed by atoms with Gasteiger partial charge in [-0.05, 0) is 40.2 Å². The summed E-state index contributed by atoms with van der Waals surface area (Å²) in [4.78, 5) is 20.8. The number of nitrogen functional groups attached to an aromatic ring is 1. The lowest BCUT2D eigenvalue weighted by molar-refractivity contribution is 0.102. The highest BCUT2D eigenvalue weighted by Crippen LogP contribution is 2.23. The summed E-state index contributed by atoms with van der Waals surface area (Å²) >= 11 is 3.33. The van der Waals surface area contributed by atoms with Crippen LogP contribution in [-0.4, -0.2) is 15.9 Å². The Kier molecular flexibility index (Phi) is 3.53. The number of carbonyl (C=O) groups is 1. The average Bonchev–Trinajstić information content (AvgIpc) is 2.49. The van der Waals surface area contributed by atoms with E-state index >= 15 is 0 Å². The third kappa shape index (κ3) is 2.71. The minimum absolute atomic E-state index is 0.244. The number of carbonyl (C=O) groups excluding carboxylic acids is 1. The molecule has 0 saturated carbocycles. The van der Waals surface area contributed by atoms with Crippen molar-refractivity contribution in [3.63, 3.8) is 0 Å². The Morgan fingerprint density at radius 1 is 1.19 bits per heavy atom. The Bertz CT molecular complexity index is 830. The van der Waals surface area contributed by atoms with Crippen molar-refractivity contribution in [2.45, 2.75) is 0 Å². The van der Waals surface area contributed by atoms with Gasteiger partial charge in [0, 0.05) is 17.1 Å². The van der Waals surface area contributed by atoms with E-state index in [9.17, 15) is 4.79 Å². The molecule has 1 aromatic carbocycles. The second-order valence-electron chi connectivity index (χ2n) is 4.43. The summed E-state index contributed by atoms with van der Waals surface area (Å²) in [5.74, 6) is 0.182. The highest BCUT2D eigenvalue weighted by atomic mass is 79.9. The molecule has 5 nitrogen and oxygen atoms in total. The average molecular weight is 343 g/mol. The summed E-state index contributed by atoms with van der Waals surface area (Å²) in [5, 5.41) is 3.56. The molecule has 0 bridgehead atoms. The molecule has 0 spiro atoms. The maximum absolute atomic E-state index is 12.4. The van der Waals surface area contributed by atoms with Gasteiger partial charge in [-0.2, -0.15) is 0 Å². The number of hydrogen-bond acceptors (Lipinski definition) is 4. The van der Waals surface area contributed by atoms with Crippen LogP contribution in [0.1, 0.15) is 10.4 Å². The number of rotatable bonds is 2. The van der Waals surface area contributed by atoms with Crippen molar-refractivity contribution in [2.75, 3.05) is 11.1 Å². The molecule has 6 heteroatoms. The number of benzene rings is 1. The van der Waals surface area contributed by atoms with Crippen LogP contribution in [-0.2, 0) is 0 Å². The lowest BCUT2D eigenvalue weighted by Crippen LogP contribution is -2.14. The molecular weight excluding hydrogens is 332 g/mol. The molecule has 2 heterocycles. The monoisotopic (exact) mass is 342 g/mol. The molecule has 0 aliphatic carbocycles. The SMILES string of the molecule is Nc1cnc(NC(=O)c2cccc3ncccc23)c(Br)c1. The van der Waals surface area contributed by atoms with Crippen molar-refractivity contribution in [1.29, 1.82) is 0 Å². The van der Waals surface area contributed by atoms with Gasteiger partial charge in [-0.1, -0.05) is 12.1 Å². The van der Waals surface area contributed by atoms with Crippen molar-refractivity contribution >= 4 is 44.2 Å². The molecule has 0 aliphatic heterocycles. The summed E-state index contributed by atoms with van der Waals surface area (Å²) in [6, 6.07) is 10.8. The molecule has 1 amide bonds. The first-order valence-corrected chi connectivity index (χ1v) is 7.00. The normalized spacial score (nSPS) is 10.5. The first-order valence-electron chi connectivity index (χ1n) is 6.21. The summed E-state index contributed by atoms with van der Waals surface area (Å²) in [6.45, 7) is 0. The minimum Gasteiger partial charge on any atom is -0.397 e. The summed E-state index contributed by atoms with van der Waals surface area (Å²) in [6.07, 6.45) is 3.19. The van der Waals surface area contributed by atoms with Crippen LogP contribution in [0, 0.1) is 0 Å². The number of halogens is 1. The van der Waals surface area contributed by atoms with Gasteiger partial charge in [-0.15, -0.1) is 0 Å². The zero-order valence-electron chi connectivity index (χ0n) is 10.9. The number of pyridine rings is 2. The second kappa shape index (κ2) is 5.49. The summed E-state index contributed by atoms with van der Waals surface area (Å²) < 4.78 is 0.634. The first kappa shape index (κ1) is 13.5. The van der Waals surface area contributed by atoms with Gasteiger partial charge in [-0.25, -0.2) is 4.98 Å². The largest absolute Gasteiger partial charge is 0.397 e. The second-order valence-corrected chi connectivity index (χ2v) is 5.28. The van der Waals surface area contributed by atoms with Crippen molar-refractivity contribution in [3.05, 3.63) is 58.8 Å². The topological polar surface area (TPSA) is 80.9 Å². The molecular formula is C15H11BrN4O. The van der Waals surface area contributed by atoms with Gasteiger partial charge in [0.25, 0.3) is 5.91 Å². The number of nitrogens with zero attached hydrogens (tertiary/aromatic N) is 2. The van der Waals surface area contributed by atoms with E-state index in [1.54, 1.807) is 30.5 Å². The van der Waals surface area contributed by atoms with Crippen molar-refractivity contribution < 1.29 is 4.79 Å². The molecule has 3 aromatic rings. The Balaban J connectivity index is 1.97. The molecule has 0 radical (unpaired) electrons. The maximum Gasteiger partial charge on any atom is 0.257 e. The molecule has 104 valence electrons. The van der Waals surface area contributed by atoms with Gasteiger partial charge in [0.2, 0.25) is 0 Å². The van der Waals surface area contributed by atoms with E-state index in [-0.39, 0.29) is 5.91 Å². The summed E-state index contributed by atoms with van der Waals surface area (Å²) in [7, 11) is 0. The summed E-state index contributed by atoms with van der Waals surface area (Å²) in [5.41, 5.74) is 7.47. The lowest BCUT2D eigenvalue weighted by Gasteiger charge is -2.08. The Labute approximate surface area is 129 Å². The molecule has 0 fully saturated rings. The van der Waals surface area contributed by atoms with Crippen LogP contribution in [0.3, 0.4) is 0 Å². The number of anilines is 2. The predicted molar refractivity (Wildman–Crippen MR) is 86.0 cm³/mol. The smallest absolute Gasteiger partial charge is 0.257 e. The number of nitrogens with one attached hydrogen (secondary N) is 1. The molecule has 0 atom stereocenters. The van der Waals surface area contributed by atoms with Crippen LogP contribution in [0.4, 0.5) is 11.5 Å². The van der Waals surface area contributed by atoms with Gasteiger partial charge >= 0.3 is 0 Å². The van der Waals surface area contributed by atoms with E-state index in [1.165, 1.54) is 6.20 Å². The van der Waals surface area contributed by atoms with Crippen LogP contribution in [0.25, 0.3) is 10.9 Å². The maximum atomic E-state index is 12.4. The molecule has 0 saturated heterocycles. The quantitative estimate of drug-likeness (QED) is 0.749. The number of nitrogens with two attached hydrogens (primary N) is 1. The van der Waals surface area contributed by atoms with Crippen LogP contribution in [0.15, 0.2) is 53.3 Å². The molecule has 3 rings (SSSR count). The standard InChI is InChI=1S/C15H11BrN4O/c16-12-7-9(17)8-19-14(12)20-15(21)11-3-1-5-13-10(11)4-2-6-18-13/h1-8H,17H2,(H,19,20,21). The van der Waals surface area contributed by atoms with Crippen molar-refractivity contribution in [3.8, 4) is 0 Å². The van der Waals surface area contributed by atoms with E-state index in [0.717, 1.165) is 10.9 Å². The van der Waals surface area contributed by atoms with Gasteiger partial charge in [-0.3, -0.25) is 9.78 Å². The van der Waals surface area contributed by atoms with Crippen molar-refractivity contribution in [1.82, 2.24) is 9.97 Å². The lowest BCUT2D eigenvalue weighted by atomic mass is 10.1. The number of fused-ring (bicyclic) bond motifs is 1. The van der Waals surface area contributed by atoms with Gasteiger partial charge in [0.05, 0.1) is 21.9 Å². The third-order valence-corrected chi connectivity index (χ3v) is 3.59. The Morgan fingerprint density at radius 3 is 2.86 bits per heavy atom. The molecule has 21 heavy (non-hydrogen) atoms. The number of aromatic nitrogens is 2. The molecule has 2 aromatic heterocycles. The zero-order valence-corrected chi connectivity index (χ0v) is 12.5. The van der Waals surface area contributed by atoms with E-state index in [4.69, 9.17) is 5.73 Å². The van der Waals surface area contributed by atoms with E-state index < -0.39 is 0 Å². The minimum atomic E-state index is -0.244. The van der Waals surface area contributed by atoms with Gasteiger partial charge in [0.1, 0.15) is 5.82 Å². The van der Waals surface area contributed by atoms with Crippen LogP contribution >= 0.6 is 15.9 Å². The van der Waals surface area contributed by atoms with E-state index in [2.05, 4.69) is 31.2 Å². The first-order chi connectivity index (χ1) is 10.1. The van der Waals surface area contributed by atoms with Crippen LogP contribution in [0.2, 0.25) is 0 Å². The number of hydrogen-bond donors (Lipinski definition) is 2. The zero-order chi connectivity index (χ0) is 14.8. The fourth-order valence-corrected chi connectivity index (χ4v) is 2.49. The van der Waals surface area contributed by atoms with Crippen LogP contribution in [0.5, 0.6) is 0 Å².